The molecule has 23 heavy (non-hydrogen) atoms. The number of aromatic nitrogens is 2. The Morgan fingerprint density at radius 1 is 1.26 bits per heavy atom. The van der Waals surface area contributed by atoms with Gasteiger partial charge >= 0.3 is 0 Å². The second kappa shape index (κ2) is 6.13. The van der Waals surface area contributed by atoms with Crippen molar-refractivity contribution < 1.29 is 9.59 Å². The number of halogens is 1. The highest BCUT2D eigenvalue weighted by Crippen LogP contribution is 2.28. The maximum atomic E-state index is 12.6. The Labute approximate surface area is 140 Å². The van der Waals surface area contributed by atoms with Crippen LogP contribution in [0.3, 0.4) is 0 Å². The summed E-state index contributed by atoms with van der Waals surface area (Å²) in [4.78, 5) is 29.8. The van der Waals surface area contributed by atoms with Crippen LogP contribution in [0.15, 0.2) is 0 Å². The molecule has 0 aromatic carbocycles. The molecule has 0 saturated carbocycles. The van der Waals surface area contributed by atoms with Gasteiger partial charge in [0, 0.05) is 46.8 Å². The van der Waals surface area contributed by atoms with Crippen molar-refractivity contribution in [1.82, 2.24) is 24.5 Å². The molecule has 2 aliphatic heterocycles. The number of likely N-dealkylation sites (tertiary alicyclic amines) is 1. The Bertz CT molecular complexity index is 636. The number of carbonyl (C=O) groups excluding carboxylic acids is 2. The molecule has 7 nitrogen and oxygen atoms in total. The lowest BCUT2D eigenvalue weighted by Gasteiger charge is -2.38. The molecular formula is C15H22ClN5O2. The Kier molecular flexibility index (Phi) is 4.33. The first-order chi connectivity index (χ1) is 10.9. The van der Waals surface area contributed by atoms with E-state index in [4.69, 9.17) is 11.6 Å². The first-order valence-electron chi connectivity index (χ1n) is 7.82. The van der Waals surface area contributed by atoms with Crippen molar-refractivity contribution in [2.24, 2.45) is 5.92 Å². The zero-order valence-corrected chi connectivity index (χ0v) is 14.5. The van der Waals surface area contributed by atoms with Crippen LogP contribution >= 0.6 is 11.6 Å². The lowest BCUT2D eigenvalue weighted by molar-refractivity contribution is -0.137. The highest BCUT2D eigenvalue weighted by atomic mass is 35.5. The average Bonchev–Trinajstić information content (AvgIpc) is 2.64. The van der Waals surface area contributed by atoms with Gasteiger partial charge in [-0.1, -0.05) is 11.6 Å². The summed E-state index contributed by atoms with van der Waals surface area (Å²) in [7, 11) is 5.49. The molecule has 8 heteroatoms. The van der Waals surface area contributed by atoms with E-state index < -0.39 is 0 Å². The first kappa shape index (κ1) is 16.3. The first-order valence-corrected chi connectivity index (χ1v) is 8.20. The molecule has 0 N–H and O–H groups in total. The zero-order chi connectivity index (χ0) is 16.7. The summed E-state index contributed by atoms with van der Waals surface area (Å²) in [6.45, 7) is 3.33. The molecule has 1 fully saturated rings. The number of hydrogen-bond acceptors (Lipinski definition) is 4. The minimum absolute atomic E-state index is 0.0578. The Morgan fingerprint density at radius 3 is 2.61 bits per heavy atom. The molecule has 3 rings (SSSR count). The Balaban J connectivity index is 1.73. The van der Waals surface area contributed by atoms with Crippen LogP contribution in [0.4, 0.5) is 0 Å². The van der Waals surface area contributed by atoms with Crippen molar-refractivity contribution in [3.05, 3.63) is 16.4 Å². The average molecular weight is 340 g/mol. The molecule has 0 bridgehead atoms. The lowest BCUT2D eigenvalue weighted by Crippen LogP contribution is -2.55. The van der Waals surface area contributed by atoms with Crippen LogP contribution in [0.25, 0.3) is 0 Å². The van der Waals surface area contributed by atoms with Gasteiger partial charge in [0.05, 0.1) is 16.6 Å². The van der Waals surface area contributed by atoms with Gasteiger partial charge in [0.2, 0.25) is 5.91 Å². The van der Waals surface area contributed by atoms with Gasteiger partial charge in [0.25, 0.3) is 5.91 Å². The predicted octanol–water partition coefficient (Wildman–Crippen LogP) is 0.532. The van der Waals surface area contributed by atoms with E-state index in [1.54, 1.807) is 23.9 Å². The molecule has 0 unspecified atom stereocenters. The molecule has 2 amide bonds. The summed E-state index contributed by atoms with van der Waals surface area (Å²) in [5, 5.41) is 4.87. The molecule has 0 aliphatic carbocycles. The summed E-state index contributed by atoms with van der Waals surface area (Å²) in [5.41, 5.74) is 1.21. The summed E-state index contributed by atoms with van der Waals surface area (Å²) in [6, 6.07) is 0. The van der Waals surface area contributed by atoms with Crippen LogP contribution < -0.4 is 0 Å². The predicted molar refractivity (Wildman–Crippen MR) is 86.3 cm³/mol. The summed E-state index contributed by atoms with van der Waals surface area (Å²) in [6.07, 6.45) is 0.984. The number of amides is 2. The molecule has 1 saturated heterocycles. The topological polar surface area (TPSA) is 61.7 Å². The van der Waals surface area contributed by atoms with Crippen molar-refractivity contribution in [3.8, 4) is 0 Å². The van der Waals surface area contributed by atoms with E-state index in [2.05, 4.69) is 10.00 Å². The molecule has 0 atom stereocenters. The highest BCUT2D eigenvalue weighted by Gasteiger charge is 2.39. The monoisotopic (exact) mass is 339 g/mol. The number of hydrogen-bond donors (Lipinski definition) is 0. The smallest absolute Gasteiger partial charge is 0.275 e. The van der Waals surface area contributed by atoms with Gasteiger partial charge in [-0.3, -0.25) is 14.3 Å². The molecule has 0 radical (unpaired) electrons. The van der Waals surface area contributed by atoms with Gasteiger partial charge in [-0.25, -0.2) is 0 Å². The van der Waals surface area contributed by atoms with E-state index in [0.29, 0.717) is 30.4 Å². The number of fused-ring (bicyclic) bond motifs is 1. The molecule has 1 aromatic heterocycles. The van der Waals surface area contributed by atoms with Crippen molar-refractivity contribution in [3.63, 3.8) is 0 Å². The second-order valence-corrected chi connectivity index (χ2v) is 6.94. The zero-order valence-electron chi connectivity index (χ0n) is 13.8. The third kappa shape index (κ3) is 2.95. The second-order valence-electron chi connectivity index (χ2n) is 6.56. The van der Waals surface area contributed by atoms with Gasteiger partial charge < -0.3 is 14.7 Å². The summed E-state index contributed by atoms with van der Waals surface area (Å²) >= 11 is 6.42. The Morgan fingerprint density at radius 2 is 1.96 bits per heavy atom. The molecule has 1 aromatic rings. The van der Waals surface area contributed by atoms with Crippen molar-refractivity contribution >= 4 is 23.4 Å². The standard InChI is InChI=1S/C15H22ClN5O2/c1-18(2)14(22)10-7-20(8-10)15(23)13-12(16)11-9-19(3)5-4-6-21(11)17-13/h10H,4-9H2,1-3H3. The van der Waals surface area contributed by atoms with Gasteiger partial charge in [0.15, 0.2) is 5.69 Å². The van der Waals surface area contributed by atoms with E-state index in [1.165, 1.54) is 0 Å². The van der Waals surface area contributed by atoms with E-state index in [0.717, 1.165) is 25.2 Å². The normalized spacial score (nSPS) is 19.0. The quantitative estimate of drug-likeness (QED) is 0.788. The van der Waals surface area contributed by atoms with E-state index in [1.807, 2.05) is 11.7 Å². The lowest BCUT2D eigenvalue weighted by atomic mass is 9.98. The fourth-order valence-corrected chi connectivity index (χ4v) is 3.36. The van der Waals surface area contributed by atoms with Crippen LogP contribution in [-0.2, 0) is 17.9 Å². The minimum Gasteiger partial charge on any atom is -0.348 e. The summed E-state index contributed by atoms with van der Waals surface area (Å²) < 4.78 is 1.85. The van der Waals surface area contributed by atoms with E-state index in [-0.39, 0.29) is 17.7 Å². The maximum absolute atomic E-state index is 12.6. The molecule has 126 valence electrons. The largest absolute Gasteiger partial charge is 0.348 e. The number of carbonyl (C=O) groups is 2. The molecular weight excluding hydrogens is 318 g/mol. The third-order valence-corrected chi connectivity index (χ3v) is 4.88. The fraction of sp³-hybridized carbons (Fsp3) is 0.667. The van der Waals surface area contributed by atoms with Gasteiger partial charge in [-0.15, -0.1) is 0 Å². The van der Waals surface area contributed by atoms with Gasteiger partial charge in [0.1, 0.15) is 0 Å². The van der Waals surface area contributed by atoms with Crippen LogP contribution in [0.1, 0.15) is 22.6 Å². The number of aryl methyl sites for hydroxylation is 1. The fourth-order valence-electron chi connectivity index (χ4n) is 3.09. The molecule has 0 spiro atoms. The summed E-state index contributed by atoms with van der Waals surface area (Å²) in [5.74, 6) is -0.234. The van der Waals surface area contributed by atoms with Crippen molar-refractivity contribution in [2.75, 3.05) is 40.8 Å². The van der Waals surface area contributed by atoms with E-state index >= 15 is 0 Å². The number of rotatable bonds is 2. The van der Waals surface area contributed by atoms with Crippen LogP contribution in [0, 0.1) is 5.92 Å². The molecule has 2 aliphatic rings. The molecule has 3 heterocycles. The Hall–Kier alpha value is -1.60. The van der Waals surface area contributed by atoms with E-state index in [9.17, 15) is 9.59 Å². The number of nitrogens with zero attached hydrogens (tertiary/aromatic N) is 5. The van der Waals surface area contributed by atoms with Crippen LogP contribution in [0.2, 0.25) is 5.02 Å². The van der Waals surface area contributed by atoms with Gasteiger partial charge in [-0.05, 0) is 13.5 Å². The van der Waals surface area contributed by atoms with Crippen LogP contribution in [-0.4, -0.2) is 77.1 Å². The third-order valence-electron chi connectivity index (χ3n) is 4.48. The highest BCUT2D eigenvalue weighted by molar-refractivity contribution is 6.34. The minimum atomic E-state index is -0.180. The SMILES string of the molecule is CN1CCCn2nc(C(=O)N3CC(C(=O)N(C)C)C3)c(Cl)c2C1. The van der Waals surface area contributed by atoms with Gasteiger partial charge in [-0.2, -0.15) is 5.10 Å². The maximum Gasteiger partial charge on any atom is 0.275 e. The van der Waals surface area contributed by atoms with Crippen molar-refractivity contribution in [2.45, 2.75) is 19.5 Å². The van der Waals surface area contributed by atoms with Crippen molar-refractivity contribution in [1.29, 1.82) is 0 Å². The van der Waals surface area contributed by atoms with Crippen LogP contribution in [0.5, 0.6) is 0 Å².